The van der Waals surface area contributed by atoms with Gasteiger partial charge in [-0.25, -0.2) is 4.39 Å². The molecular formula is C24H34ClFO4. The fourth-order valence-corrected chi connectivity index (χ4v) is 4.59. The first-order valence-electron chi connectivity index (χ1n) is 11.0. The lowest BCUT2D eigenvalue weighted by molar-refractivity contribution is -0.117. The summed E-state index contributed by atoms with van der Waals surface area (Å²) in [4.78, 5) is 11.0. The second-order valence-corrected chi connectivity index (χ2v) is 8.91. The van der Waals surface area contributed by atoms with Crippen LogP contribution in [-0.4, -0.2) is 39.4 Å². The summed E-state index contributed by atoms with van der Waals surface area (Å²) in [6.45, 7) is 1.61. The molecule has 2 rings (SSSR count). The molecule has 1 aromatic carbocycles. The summed E-state index contributed by atoms with van der Waals surface area (Å²) in [5, 5.41) is 31.0. The Labute approximate surface area is 183 Å². The molecule has 1 aliphatic rings. The Morgan fingerprint density at radius 1 is 1.17 bits per heavy atom. The third kappa shape index (κ3) is 7.77. The maximum Gasteiger partial charge on any atom is 0.148 e. The number of halogens is 2. The molecule has 6 heteroatoms. The summed E-state index contributed by atoms with van der Waals surface area (Å²) in [5.74, 6) is -0.326. The lowest BCUT2D eigenvalue weighted by Crippen LogP contribution is -2.23. The number of aliphatic hydroxyl groups excluding tert-OH is 3. The van der Waals surface area contributed by atoms with Crippen molar-refractivity contribution in [1.29, 1.82) is 0 Å². The van der Waals surface area contributed by atoms with E-state index in [2.05, 4.69) is 0 Å². The van der Waals surface area contributed by atoms with Crippen LogP contribution in [0.15, 0.2) is 24.3 Å². The Bertz CT molecular complexity index is 708. The largest absolute Gasteiger partial charge is 0.393 e. The summed E-state index contributed by atoms with van der Waals surface area (Å²) < 4.78 is 13.9. The zero-order valence-corrected chi connectivity index (χ0v) is 18.4. The lowest BCUT2D eigenvalue weighted by atomic mass is 9.85. The van der Waals surface area contributed by atoms with Crippen LogP contribution in [0.25, 0.3) is 6.08 Å². The average Bonchev–Trinajstić information content (AvgIpc) is 2.96. The monoisotopic (exact) mass is 440 g/mol. The Balaban J connectivity index is 1.80. The normalized spacial score (nSPS) is 25.1. The maximum atomic E-state index is 13.9. The van der Waals surface area contributed by atoms with Crippen molar-refractivity contribution in [2.45, 2.75) is 83.0 Å². The van der Waals surface area contributed by atoms with Crippen molar-refractivity contribution in [3.63, 3.8) is 0 Å². The van der Waals surface area contributed by atoms with E-state index >= 15 is 0 Å². The van der Waals surface area contributed by atoms with Gasteiger partial charge in [0.2, 0.25) is 0 Å². The fraction of sp³-hybridized carbons (Fsp3) is 0.625. The number of ketones is 1. The lowest BCUT2D eigenvalue weighted by Gasteiger charge is -2.24. The van der Waals surface area contributed by atoms with E-state index in [4.69, 9.17) is 11.6 Å². The topological polar surface area (TPSA) is 77.8 Å². The molecule has 0 spiro atoms. The molecule has 0 heterocycles. The predicted molar refractivity (Wildman–Crippen MR) is 118 cm³/mol. The van der Waals surface area contributed by atoms with Crippen molar-refractivity contribution in [3.05, 3.63) is 40.7 Å². The molecule has 168 valence electrons. The number of unbranched alkanes of at least 4 members (excludes halogenated alkanes) is 3. The first-order chi connectivity index (χ1) is 14.3. The first-order valence-corrected chi connectivity index (χ1v) is 11.3. The van der Waals surface area contributed by atoms with Crippen molar-refractivity contribution in [2.24, 2.45) is 11.8 Å². The minimum Gasteiger partial charge on any atom is -0.393 e. The molecule has 0 bridgehead atoms. The van der Waals surface area contributed by atoms with E-state index in [1.807, 2.05) is 0 Å². The van der Waals surface area contributed by atoms with Crippen LogP contribution >= 0.6 is 11.6 Å². The summed E-state index contributed by atoms with van der Waals surface area (Å²) in [6, 6.07) is 4.72. The number of rotatable bonds is 12. The molecule has 1 fully saturated rings. The standard InChI is InChI=1S/C24H34ClFO4/c1-16(27)7-4-2-3-5-9-19-20(23(30)15-22(19)29)14-13-18(28)12-11-17-8-6-10-21(25)24(17)26/h6,8,10-12,18-20,22-23,28-30H,2-5,7,9,13-15H2,1H3/b12-11+/t18?,19-,20-,22+,23-/m1/s1. The quantitative estimate of drug-likeness (QED) is 0.403. The Morgan fingerprint density at radius 3 is 2.53 bits per heavy atom. The van der Waals surface area contributed by atoms with Gasteiger partial charge in [-0.2, -0.15) is 0 Å². The molecule has 5 atom stereocenters. The molecule has 0 amide bonds. The molecule has 1 unspecified atom stereocenters. The summed E-state index contributed by atoms with van der Waals surface area (Å²) in [7, 11) is 0. The van der Waals surface area contributed by atoms with Crippen LogP contribution in [0.1, 0.15) is 70.3 Å². The smallest absolute Gasteiger partial charge is 0.148 e. The van der Waals surface area contributed by atoms with Gasteiger partial charge in [0.25, 0.3) is 0 Å². The van der Waals surface area contributed by atoms with Gasteiger partial charge in [-0.15, -0.1) is 0 Å². The van der Waals surface area contributed by atoms with Crippen molar-refractivity contribution >= 4 is 23.5 Å². The molecule has 30 heavy (non-hydrogen) atoms. The van der Waals surface area contributed by atoms with Gasteiger partial charge in [0.05, 0.1) is 23.3 Å². The Morgan fingerprint density at radius 2 is 1.83 bits per heavy atom. The second kappa shape index (κ2) is 12.6. The Hall–Kier alpha value is -1.27. The van der Waals surface area contributed by atoms with Gasteiger partial charge in [0.1, 0.15) is 11.6 Å². The van der Waals surface area contributed by atoms with E-state index in [-0.39, 0.29) is 22.6 Å². The SMILES string of the molecule is CC(=O)CCCCCC[C@@H]1[C@@H](CCC(O)/C=C/c2cccc(Cl)c2F)[C@H](O)C[C@@H]1O. The van der Waals surface area contributed by atoms with Crippen LogP contribution in [0.4, 0.5) is 4.39 Å². The number of aliphatic hydroxyl groups is 3. The molecule has 1 saturated carbocycles. The van der Waals surface area contributed by atoms with E-state index < -0.39 is 24.1 Å². The molecule has 3 N–H and O–H groups in total. The number of hydrogen-bond acceptors (Lipinski definition) is 4. The van der Waals surface area contributed by atoms with Crippen molar-refractivity contribution in [3.8, 4) is 0 Å². The Kier molecular flexibility index (Phi) is 10.5. The van der Waals surface area contributed by atoms with Gasteiger partial charge in [-0.1, -0.05) is 55.1 Å². The van der Waals surface area contributed by atoms with Crippen LogP contribution in [0.2, 0.25) is 5.02 Å². The molecular weight excluding hydrogens is 407 g/mol. The summed E-state index contributed by atoms with van der Waals surface area (Å²) in [5.41, 5.74) is 0.320. The molecule has 4 nitrogen and oxygen atoms in total. The van der Waals surface area contributed by atoms with Gasteiger partial charge >= 0.3 is 0 Å². The van der Waals surface area contributed by atoms with Gasteiger partial charge in [0, 0.05) is 12.0 Å². The second-order valence-electron chi connectivity index (χ2n) is 8.50. The number of carbonyl (C=O) groups is 1. The summed E-state index contributed by atoms with van der Waals surface area (Å²) >= 11 is 5.77. The van der Waals surface area contributed by atoms with E-state index in [0.29, 0.717) is 31.2 Å². The highest BCUT2D eigenvalue weighted by Crippen LogP contribution is 2.39. The minimum absolute atomic E-state index is 0.0226. The van der Waals surface area contributed by atoms with Gasteiger partial charge in [-0.05, 0) is 56.9 Å². The van der Waals surface area contributed by atoms with E-state index in [1.54, 1.807) is 19.1 Å². The third-order valence-electron chi connectivity index (χ3n) is 6.11. The van der Waals surface area contributed by atoms with E-state index in [1.165, 1.54) is 18.2 Å². The first kappa shape index (κ1) is 25.0. The highest BCUT2D eigenvalue weighted by atomic mass is 35.5. The molecule has 0 aliphatic heterocycles. The van der Waals surface area contributed by atoms with Gasteiger partial charge in [0.15, 0.2) is 0 Å². The third-order valence-corrected chi connectivity index (χ3v) is 6.40. The molecule has 1 aliphatic carbocycles. The molecule has 0 aromatic heterocycles. The van der Waals surface area contributed by atoms with Gasteiger partial charge < -0.3 is 20.1 Å². The van der Waals surface area contributed by atoms with Crippen LogP contribution in [-0.2, 0) is 4.79 Å². The zero-order valence-electron chi connectivity index (χ0n) is 17.6. The van der Waals surface area contributed by atoms with E-state index in [9.17, 15) is 24.5 Å². The van der Waals surface area contributed by atoms with Crippen molar-refractivity contribution < 1.29 is 24.5 Å². The molecule has 1 aromatic rings. The number of carbonyl (C=O) groups excluding carboxylic acids is 1. The predicted octanol–water partition coefficient (Wildman–Crippen LogP) is 4.92. The number of hydrogen-bond donors (Lipinski definition) is 3. The van der Waals surface area contributed by atoms with Crippen LogP contribution < -0.4 is 0 Å². The van der Waals surface area contributed by atoms with Crippen LogP contribution in [0.5, 0.6) is 0 Å². The van der Waals surface area contributed by atoms with Crippen molar-refractivity contribution in [1.82, 2.24) is 0 Å². The highest BCUT2D eigenvalue weighted by molar-refractivity contribution is 6.30. The summed E-state index contributed by atoms with van der Waals surface area (Å²) in [6.07, 6.45) is 7.94. The van der Waals surface area contributed by atoms with E-state index in [0.717, 1.165) is 32.1 Å². The minimum atomic E-state index is -0.763. The molecule has 0 radical (unpaired) electrons. The average molecular weight is 441 g/mol. The maximum absolute atomic E-state index is 13.9. The van der Waals surface area contributed by atoms with Crippen molar-refractivity contribution in [2.75, 3.05) is 0 Å². The fourth-order valence-electron chi connectivity index (χ4n) is 4.41. The number of Topliss-reactive ketones (excluding diaryl/α,β-unsaturated/α-hetero) is 1. The number of benzene rings is 1. The molecule has 0 saturated heterocycles. The van der Waals surface area contributed by atoms with Crippen LogP contribution in [0, 0.1) is 17.7 Å². The van der Waals surface area contributed by atoms with Gasteiger partial charge in [-0.3, -0.25) is 0 Å². The van der Waals surface area contributed by atoms with Crippen LogP contribution in [0.3, 0.4) is 0 Å². The zero-order chi connectivity index (χ0) is 22.1. The highest BCUT2D eigenvalue weighted by Gasteiger charge is 2.40.